The molecule has 0 aliphatic heterocycles. The van der Waals surface area contributed by atoms with E-state index in [0.717, 1.165) is 0 Å². The Morgan fingerprint density at radius 3 is 1.40 bits per heavy atom. The lowest BCUT2D eigenvalue weighted by Crippen LogP contribution is -2.48. The van der Waals surface area contributed by atoms with Crippen molar-refractivity contribution < 1.29 is 9.85 Å². The van der Waals surface area contributed by atoms with Crippen LogP contribution in [0.5, 0.6) is 0 Å². The molecule has 0 aromatic heterocycles. The van der Waals surface area contributed by atoms with Crippen LogP contribution in [-0.2, 0) is 0 Å². The highest BCUT2D eigenvalue weighted by molar-refractivity contribution is 6.68. The molecular weight excluding hydrogens is 395 g/mol. The molecule has 2 rings (SSSR count). The number of alkyl halides is 3. The molecule has 0 spiro atoms. The Hall–Kier alpha value is -2.13. The Morgan fingerprint density at radius 2 is 1.16 bits per heavy atom. The first-order valence-electron chi connectivity index (χ1n) is 6.71. The summed E-state index contributed by atoms with van der Waals surface area (Å²) < 4.78 is -1.89. The van der Waals surface area contributed by atoms with Gasteiger partial charge in [0.25, 0.3) is 11.4 Å². The van der Waals surface area contributed by atoms with Crippen molar-refractivity contribution in [3.05, 3.63) is 68.8 Å². The average molecular weight is 406 g/mol. The molecule has 0 aliphatic rings. The lowest BCUT2D eigenvalue weighted by atomic mass is 10.2. The Bertz CT molecular complexity index is 721. The summed E-state index contributed by atoms with van der Waals surface area (Å²) in [5.74, 6) is 0. The number of nitrogens with two attached hydrogens (primary N) is 1. The molecule has 0 saturated carbocycles. The molecule has 0 radical (unpaired) electrons. The van der Waals surface area contributed by atoms with Crippen molar-refractivity contribution in [3.63, 3.8) is 0 Å². The van der Waals surface area contributed by atoms with Crippen LogP contribution in [0.3, 0.4) is 0 Å². The summed E-state index contributed by atoms with van der Waals surface area (Å²) in [5.41, 5.74) is 6.62. The fraction of sp³-hybridized carbons (Fsp3) is 0.143. The van der Waals surface area contributed by atoms with Gasteiger partial charge >= 0.3 is 0 Å². The van der Waals surface area contributed by atoms with E-state index in [1.54, 1.807) is 0 Å². The SMILES string of the molecule is NC(N(c1ccc([N+](=O)[O-])cc1)c1ccc([N+](=O)[O-])cc1)C(Cl)(Cl)Cl. The van der Waals surface area contributed by atoms with Crippen LogP contribution in [0.15, 0.2) is 48.5 Å². The minimum atomic E-state index is -1.89. The maximum atomic E-state index is 10.8. The summed E-state index contributed by atoms with van der Waals surface area (Å²) in [6.07, 6.45) is -1.15. The molecule has 0 aliphatic carbocycles. The zero-order valence-electron chi connectivity index (χ0n) is 12.4. The Labute approximate surface area is 157 Å². The lowest BCUT2D eigenvalue weighted by molar-refractivity contribution is -0.385. The van der Waals surface area contributed by atoms with Crippen LogP contribution >= 0.6 is 34.8 Å². The number of anilines is 2. The molecule has 0 fully saturated rings. The van der Waals surface area contributed by atoms with Crippen LogP contribution in [0.4, 0.5) is 22.7 Å². The van der Waals surface area contributed by atoms with Gasteiger partial charge in [-0.2, -0.15) is 0 Å². The van der Waals surface area contributed by atoms with Gasteiger partial charge in [-0.25, -0.2) is 0 Å². The van der Waals surface area contributed by atoms with Crippen molar-refractivity contribution in [1.29, 1.82) is 0 Å². The minimum Gasteiger partial charge on any atom is -0.321 e. The van der Waals surface area contributed by atoms with Crippen LogP contribution in [0.2, 0.25) is 0 Å². The number of non-ortho nitro benzene ring substituents is 2. The van der Waals surface area contributed by atoms with Crippen LogP contribution in [0, 0.1) is 20.2 Å². The first-order chi connectivity index (χ1) is 11.6. The predicted molar refractivity (Wildman–Crippen MR) is 96.6 cm³/mol. The van der Waals surface area contributed by atoms with Crippen molar-refractivity contribution in [2.24, 2.45) is 5.73 Å². The molecule has 0 bridgehead atoms. The molecule has 11 heteroatoms. The third-order valence-corrected chi connectivity index (χ3v) is 3.96. The van der Waals surface area contributed by atoms with E-state index in [1.165, 1.54) is 53.4 Å². The molecule has 2 aromatic rings. The largest absolute Gasteiger partial charge is 0.321 e. The molecule has 8 nitrogen and oxygen atoms in total. The number of hydrogen-bond acceptors (Lipinski definition) is 6. The van der Waals surface area contributed by atoms with E-state index in [4.69, 9.17) is 40.5 Å². The fourth-order valence-corrected chi connectivity index (χ4v) is 2.38. The van der Waals surface area contributed by atoms with Crippen molar-refractivity contribution in [2.75, 3.05) is 4.90 Å². The molecule has 0 amide bonds. The predicted octanol–water partition coefficient (Wildman–Crippen LogP) is 4.30. The van der Waals surface area contributed by atoms with E-state index in [0.29, 0.717) is 11.4 Å². The van der Waals surface area contributed by atoms with Gasteiger partial charge in [-0.3, -0.25) is 20.2 Å². The van der Waals surface area contributed by atoms with Gasteiger partial charge in [-0.15, -0.1) is 0 Å². The summed E-state index contributed by atoms with van der Waals surface area (Å²) in [6.45, 7) is 0. The number of hydrogen-bond donors (Lipinski definition) is 1. The monoisotopic (exact) mass is 404 g/mol. The highest BCUT2D eigenvalue weighted by atomic mass is 35.6. The van der Waals surface area contributed by atoms with Crippen LogP contribution < -0.4 is 10.6 Å². The normalized spacial score (nSPS) is 12.5. The van der Waals surface area contributed by atoms with Gasteiger partial charge in [0, 0.05) is 35.6 Å². The van der Waals surface area contributed by atoms with Crippen molar-refractivity contribution in [3.8, 4) is 0 Å². The molecular formula is C14H11Cl3N4O4. The van der Waals surface area contributed by atoms with E-state index in [2.05, 4.69) is 0 Å². The fourth-order valence-electron chi connectivity index (χ4n) is 2.09. The number of rotatable bonds is 5. The Balaban J connectivity index is 2.49. The first-order valence-corrected chi connectivity index (χ1v) is 7.85. The van der Waals surface area contributed by atoms with E-state index in [9.17, 15) is 20.2 Å². The topological polar surface area (TPSA) is 116 Å². The number of nitrogens with zero attached hydrogens (tertiary/aromatic N) is 3. The van der Waals surface area contributed by atoms with Crippen LogP contribution in [0.25, 0.3) is 0 Å². The minimum absolute atomic E-state index is 0.116. The summed E-state index contributed by atoms with van der Waals surface area (Å²) in [6, 6.07) is 10.9. The van der Waals surface area contributed by atoms with Crippen LogP contribution in [-0.4, -0.2) is 19.8 Å². The molecule has 25 heavy (non-hydrogen) atoms. The second kappa shape index (κ2) is 7.40. The van der Waals surface area contributed by atoms with Gasteiger partial charge in [0.05, 0.1) is 9.85 Å². The molecule has 2 aromatic carbocycles. The molecule has 132 valence electrons. The first kappa shape index (κ1) is 19.2. The van der Waals surface area contributed by atoms with Gasteiger partial charge in [0.1, 0.15) is 6.17 Å². The Morgan fingerprint density at radius 1 is 0.840 bits per heavy atom. The summed E-state index contributed by atoms with van der Waals surface area (Å²) in [4.78, 5) is 21.9. The maximum Gasteiger partial charge on any atom is 0.269 e. The Kier molecular flexibility index (Phi) is 5.69. The van der Waals surface area contributed by atoms with Crippen LogP contribution in [0.1, 0.15) is 0 Å². The number of nitro benzene ring substituents is 2. The molecule has 1 unspecified atom stereocenters. The van der Waals surface area contributed by atoms with Crippen molar-refractivity contribution in [2.45, 2.75) is 9.96 Å². The van der Waals surface area contributed by atoms with Crippen molar-refractivity contribution >= 4 is 57.6 Å². The van der Waals surface area contributed by atoms with Gasteiger partial charge in [-0.1, -0.05) is 34.8 Å². The quantitative estimate of drug-likeness (QED) is 0.343. The summed E-state index contributed by atoms with van der Waals surface area (Å²) in [7, 11) is 0. The average Bonchev–Trinajstić information content (AvgIpc) is 2.55. The maximum absolute atomic E-state index is 10.8. The second-order valence-electron chi connectivity index (χ2n) is 4.90. The zero-order valence-corrected chi connectivity index (χ0v) is 14.6. The standard InChI is InChI=1S/C14H11Cl3N4O4/c15-14(16,17)13(18)19(9-1-5-11(6-2-9)20(22)23)10-3-7-12(8-4-10)21(24)25/h1-8,13H,18H2. The number of halogens is 3. The van der Waals surface area contributed by atoms with E-state index in [1.807, 2.05) is 0 Å². The molecule has 0 heterocycles. The van der Waals surface area contributed by atoms with Gasteiger partial charge in [0.2, 0.25) is 3.79 Å². The smallest absolute Gasteiger partial charge is 0.269 e. The molecule has 0 saturated heterocycles. The third kappa shape index (κ3) is 4.49. The third-order valence-electron chi connectivity index (χ3n) is 3.29. The van der Waals surface area contributed by atoms with E-state index < -0.39 is 19.8 Å². The molecule has 2 N–H and O–H groups in total. The summed E-state index contributed by atoms with van der Waals surface area (Å²) >= 11 is 17.7. The number of nitro groups is 2. The highest BCUT2D eigenvalue weighted by Crippen LogP contribution is 2.38. The van der Waals surface area contributed by atoms with Gasteiger partial charge in [-0.05, 0) is 24.3 Å². The van der Waals surface area contributed by atoms with Gasteiger partial charge in [0.15, 0.2) is 0 Å². The van der Waals surface area contributed by atoms with E-state index >= 15 is 0 Å². The number of benzene rings is 2. The highest BCUT2D eigenvalue weighted by Gasteiger charge is 2.35. The zero-order chi connectivity index (χ0) is 18.8. The van der Waals surface area contributed by atoms with E-state index in [-0.39, 0.29) is 11.4 Å². The molecule has 1 atom stereocenters. The lowest BCUT2D eigenvalue weighted by Gasteiger charge is -2.34. The van der Waals surface area contributed by atoms with Crippen molar-refractivity contribution in [1.82, 2.24) is 0 Å². The van der Waals surface area contributed by atoms with Gasteiger partial charge < -0.3 is 10.6 Å². The second-order valence-corrected chi connectivity index (χ2v) is 7.27. The summed E-state index contributed by atoms with van der Waals surface area (Å²) in [5, 5.41) is 21.6.